The minimum atomic E-state index is -0.490. The lowest BCUT2D eigenvalue weighted by molar-refractivity contribution is 0.302. The van der Waals surface area contributed by atoms with E-state index in [0.717, 1.165) is 18.7 Å². The number of hydrogen-bond donors (Lipinski definition) is 1. The lowest BCUT2D eigenvalue weighted by Gasteiger charge is -2.10. The van der Waals surface area contributed by atoms with Crippen molar-refractivity contribution >= 4 is 27.5 Å². The van der Waals surface area contributed by atoms with Gasteiger partial charge in [-0.3, -0.25) is 0 Å². The maximum Gasteiger partial charge on any atom is 0.145 e. The molecule has 0 aliphatic rings. The van der Waals surface area contributed by atoms with Gasteiger partial charge in [-0.15, -0.1) is 0 Å². The first-order chi connectivity index (χ1) is 10.1. The highest BCUT2D eigenvalue weighted by atomic mass is 79.9. The van der Waals surface area contributed by atoms with Gasteiger partial charge in [0, 0.05) is 12.6 Å². The topological polar surface area (TPSA) is 21.3 Å². The molecule has 2 aromatic rings. The Hall–Kier alpha value is -1.10. The third-order valence-electron chi connectivity index (χ3n) is 2.97. The molecule has 0 aliphatic heterocycles. The molecule has 5 heteroatoms. The van der Waals surface area contributed by atoms with Gasteiger partial charge in [-0.2, -0.15) is 0 Å². The molecule has 0 aliphatic carbocycles. The second kappa shape index (κ2) is 7.78. The normalized spacial score (nSPS) is 10.7. The summed E-state index contributed by atoms with van der Waals surface area (Å²) in [4.78, 5) is 0. The highest BCUT2D eigenvalue weighted by molar-refractivity contribution is 9.10. The molecule has 0 heterocycles. The van der Waals surface area contributed by atoms with Crippen LogP contribution in [0.4, 0.5) is 4.39 Å². The smallest absolute Gasteiger partial charge is 0.145 e. The fourth-order valence-electron chi connectivity index (χ4n) is 1.80. The third-order valence-corrected chi connectivity index (χ3v) is 3.88. The van der Waals surface area contributed by atoms with E-state index in [-0.39, 0.29) is 5.02 Å². The number of nitrogens with one attached hydrogen (secondary N) is 1. The van der Waals surface area contributed by atoms with Crippen molar-refractivity contribution in [2.75, 3.05) is 6.54 Å². The number of benzene rings is 2. The van der Waals surface area contributed by atoms with E-state index in [1.165, 1.54) is 17.7 Å². The van der Waals surface area contributed by atoms with E-state index in [4.69, 9.17) is 16.3 Å². The molecule has 0 atom stereocenters. The second-order valence-electron chi connectivity index (χ2n) is 4.58. The van der Waals surface area contributed by atoms with Crippen LogP contribution in [0, 0.1) is 5.82 Å². The maximum absolute atomic E-state index is 13.4. The summed E-state index contributed by atoms with van der Waals surface area (Å²) in [6, 6.07) is 10.9. The van der Waals surface area contributed by atoms with Crippen molar-refractivity contribution in [1.29, 1.82) is 0 Å². The van der Waals surface area contributed by atoms with Crippen molar-refractivity contribution in [3.8, 4) is 5.75 Å². The molecule has 0 radical (unpaired) electrons. The molecule has 112 valence electrons. The van der Waals surface area contributed by atoms with Gasteiger partial charge < -0.3 is 10.1 Å². The highest BCUT2D eigenvalue weighted by Gasteiger charge is 2.08. The summed E-state index contributed by atoms with van der Waals surface area (Å²) >= 11 is 9.01. The van der Waals surface area contributed by atoms with E-state index in [0.29, 0.717) is 16.8 Å². The molecule has 2 aromatic carbocycles. The van der Waals surface area contributed by atoms with Crippen molar-refractivity contribution in [1.82, 2.24) is 5.32 Å². The summed E-state index contributed by atoms with van der Waals surface area (Å²) in [5, 5.41) is 3.34. The Kier molecular flexibility index (Phi) is 6.03. The average Bonchev–Trinajstić information content (AvgIpc) is 2.48. The Morgan fingerprint density at radius 2 is 1.86 bits per heavy atom. The van der Waals surface area contributed by atoms with Crippen LogP contribution in [0.3, 0.4) is 0 Å². The molecule has 0 unspecified atom stereocenters. The molecular formula is C16H16BrClFNO. The van der Waals surface area contributed by atoms with Gasteiger partial charge in [0.05, 0.1) is 9.50 Å². The molecule has 0 bridgehead atoms. The molecule has 0 aromatic heterocycles. The van der Waals surface area contributed by atoms with E-state index in [2.05, 4.69) is 40.3 Å². The molecule has 1 N–H and O–H groups in total. The quantitative estimate of drug-likeness (QED) is 0.726. The SMILES string of the molecule is CCNCc1ccc(COc2cc(F)c(Cl)cc2Br)cc1. The first-order valence-corrected chi connectivity index (χ1v) is 7.83. The largest absolute Gasteiger partial charge is 0.488 e. The Labute approximate surface area is 137 Å². The van der Waals surface area contributed by atoms with Crippen molar-refractivity contribution in [2.45, 2.75) is 20.1 Å². The predicted octanol–water partition coefficient (Wildman–Crippen LogP) is 4.93. The molecule has 0 saturated heterocycles. The van der Waals surface area contributed by atoms with Gasteiger partial charge in [0.2, 0.25) is 0 Å². The zero-order valence-corrected chi connectivity index (χ0v) is 14.0. The van der Waals surface area contributed by atoms with Crippen LogP contribution >= 0.6 is 27.5 Å². The van der Waals surface area contributed by atoms with Gasteiger partial charge in [0.15, 0.2) is 0 Å². The minimum absolute atomic E-state index is 0.0713. The van der Waals surface area contributed by atoms with Crippen molar-refractivity contribution in [3.05, 3.63) is 62.8 Å². The van der Waals surface area contributed by atoms with E-state index in [9.17, 15) is 4.39 Å². The lowest BCUT2D eigenvalue weighted by atomic mass is 10.1. The molecule has 0 amide bonds. The highest BCUT2D eigenvalue weighted by Crippen LogP contribution is 2.31. The van der Waals surface area contributed by atoms with E-state index < -0.39 is 5.82 Å². The Morgan fingerprint density at radius 1 is 1.19 bits per heavy atom. The molecule has 0 saturated carbocycles. The number of rotatable bonds is 6. The standard InChI is InChI=1S/C16H16BrClFNO/c1-2-20-9-11-3-5-12(6-4-11)10-21-16-8-15(19)14(18)7-13(16)17/h3-8,20H,2,9-10H2,1H3. The average molecular weight is 373 g/mol. The van der Waals surface area contributed by atoms with Crippen LogP contribution in [-0.2, 0) is 13.2 Å². The third kappa shape index (κ3) is 4.70. The van der Waals surface area contributed by atoms with Gasteiger partial charge in [0.25, 0.3) is 0 Å². The molecule has 2 rings (SSSR count). The Bertz CT molecular complexity index is 604. The monoisotopic (exact) mass is 371 g/mol. The number of hydrogen-bond acceptors (Lipinski definition) is 2. The van der Waals surface area contributed by atoms with Gasteiger partial charge in [0.1, 0.15) is 18.2 Å². The second-order valence-corrected chi connectivity index (χ2v) is 5.84. The van der Waals surface area contributed by atoms with Crippen LogP contribution in [0.2, 0.25) is 5.02 Å². The van der Waals surface area contributed by atoms with Gasteiger partial charge in [-0.1, -0.05) is 42.8 Å². The van der Waals surface area contributed by atoms with Crippen molar-refractivity contribution < 1.29 is 9.13 Å². The number of halogens is 3. The summed E-state index contributed by atoms with van der Waals surface area (Å²) in [7, 11) is 0. The van der Waals surface area contributed by atoms with Gasteiger partial charge >= 0.3 is 0 Å². The summed E-state index contributed by atoms with van der Waals surface area (Å²) in [5.74, 6) is -0.0514. The van der Waals surface area contributed by atoms with Gasteiger partial charge in [-0.25, -0.2) is 4.39 Å². The summed E-state index contributed by atoms with van der Waals surface area (Å²) < 4.78 is 19.7. The molecular weight excluding hydrogens is 357 g/mol. The van der Waals surface area contributed by atoms with Gasteiger partial charge in [-0.05, 0) is 39.7 Å². The molecule has 2 nitrogen and oxygen atoms in total. The van der Waals surface area contributed by atoms with E-state index >= 15 is 0 Å². The molecule has 0 fully saturated rings. The fraction of sp³-hybridized carbons (Fsp3) is 0.250. The van der Waals surface area contributed by atoms with Crippen LogP contribution in [0.1, 0.15) is 18.1 Å². The number of ether oxygens (including phenoxy) is 1. The lowest BCUT2D eigenvalue weighted by Crippen LogP contribution is -2.11. The Balaban J connectivity index is 1.98. The van der Waals surface area contributed by atoms with Crippen LogP contribution in [0.15, 0.2) is 40.9 Å². The zero-order chi connectivity index (χ0) is 15.2. The van der Waals surface area contributed by atoms with Crippen LogP contribution in [0.25, 0.3) is 0 Å². The van der Waals surface area contributed by atoms with E-state index in [1.54, 1.807) is 0 Å². The van der Waals surface area contributed by atoms with E-state index in [1.807, 2.05) is 12.1 Å². The fourth-order valence-corrected chi connectivity index (χ4v) is 2.55. The molecule has 21 heavy (non-hydrogen) atoms. The van der Waals surface area contributed by atoms with Crippen LogP contribution < -0.4 is 10.1 Å². The van der Waals surface area contributed by atoms with Crippen LogP contribution in [0.5, 0.6) is 5.75 Å². The summed E-state index contributed by atoms with van der Waals surface area (Å²) in [6.07, 6.45) is 0. The predicted molar refractivity (Wildman–Crippen MR) is 87.3 cm³/mol. The summed E-state index contributed by atoms with van der Waals surface area (Å²) in [5.41, 5.74) is 2.25. The maximum atomic E-state index is 13.4. The van der Waals surface area contributed by atoms with Crippen LogP contribution in [-0.4, -0.2) is 6.54 Å². The molecule has 0 spiro atoms. The minimum Gasteiger partial charge on any atom is -0.488 e. The first kappa shape index (κ1) is 16.3. The zero-order valence-electron chi connectivity index (χ0n) is 11.6. The summed E-state index contributed by atoms with van der Waals surface area (Å²) in [6.45, 7) is 4.25. The first-order valence-electron chi connectivity index (χ1n) is 6.66. The van der Waals surface area contributed by atoms with Crippen molar-refractivity contribution in [2.24, 2.45) is 0 Å². The van der Waals surface area contributed by atoms with Crippen molar-refractivity contribution in [3.63, 3.8) is 0 Å². The Morgan fingerprint density at radius 3 is 2.52 bits per heavy atom.